The van der Waals surface area contributed by atoms with E-state index in [0.717, 1.165) is 33.6 Å². The SMILES string of the molecule is O=C(O)C1CCCCN1C(c1ccc(C(F)(F)F)cc1)c1ccc(Br)s1. The van der Waals surface area contributed by atoms with Gasteiger partial charge in [-0.3, -0.25) is 9.69 Å². The van der Waals surface area contributed by atoms with Crippen LogP contribution in [0.15, 0.2) is 40.2 Å². The third-order valence-electron chi connectivity index (χ3n) is 4.58. The first-order chi connectivity index (χ1) is 12.3. The van der Waals surface area contributed by atoms with Crippen LogP contribution in [-0.4, -0.2) is 28.6 Å². The summed E-state index contributed by atoms with van der Waals surface area (Å²) < 4.78 is 39.5. The molecular weight excluding hydrogens is 431 g/mol. The summed E-state index contributed by atoms with van der Waals surface area (Å²) in [5.74, 6) is -0.891. The zero-order valence-corrected chi connectivity index (χ0v) is 16.1. The molecular formula is C18H17BrF3NO2S. The number of alkyl halides is 3. The summed E-state index contributed by atoms with van der Waals surface area (Å²) in [6, 6.07) is 7.77. The first-order valence-electron chi connectivity index (χ1n) is 8.18. The summed E-state index contributed by atoms with van der Waals surface area (Å²) in [6.07, 6.45) is -2.15. The maximum absolute atomic E-state index is 12.9. The number of carboxylic acids is 1. The van der Waals surface area contributed by atoms with Gasteiger partial charge in [-0.25, -0.2) is 0 Å². The lowest BCUT2D eigenvalue weighted by molar-refractivity contribution is -0.145. The van der Waals surface area contributed by atoms with Crippen molar-refractivity contribution in [3.05, 3.63) is 56.2 Å². The molecule has 1 aromatic carbocycles. The number of carboxylic acid groups (broad SMARTS) is 1. The van der Waals surface area contributed by atoms with Crippen molar-refractivity contribution in [2.75, 3.05) is 6.54 Å². The van der Waals surface area contributed by atoms with Crippen molar-refractivity contribution in [3.8, 4) is 0 Å². The van der Waals surface area contributed by atoms with Crippen LogP contribution in [0.25, 0.3) is 0 Å². The number of aliphatic carboxylic acids is 1. The summed E-state index contributed by atoms with van der Waals surface area (Å²) in [5, 5.41) is 9.61. The molecule has 0 amide bonds. The van der Waals surface area contributed by atoms with Gasteiger partial charge in [-0.2, -0.15) is 13.2 Å². The molecule has 26 heavy (non-hydrogen) atoms. The molecule has 0 aliphatic carbocycles. The summed E-state index contributed by atoms with van der Waals surface area (Å²) in [4.78, 5) is 14.5. The standard InChI is InChI=1S/C18H17BrF3NO2S/c19-15-9-8-14(26-15)16(23-10-2-1-3-13(23)17(24)25)11-4-6-12(7-5-11)18(20,21)22/h4-9,13,16H,1-3,10H2,(H,24,25). The van der Waals surface area contributed by atoms with E-state index in [1.165, 1.54) is 23.5 Å². The summed E-state index contributed by atoms with van der Waals surface area (Å²) >= 11 is 4.88. The Bertz CT molecular complexity index is 775. The van der Waals surface area contributed by atoms with E-state index < -0.39 is 23.8 Å². The number of halogens is 4. The van der Waals surface area contributed by atoms with Crippen molar-refractivity contribution in [3.63, 3.8) is 0 Å². The predicted octanol–water partition coefficient (Wildman–Crippen LogP) is 5.56. The number of thiophene rings is 1. The Morgan fingerprint density at radius 3 is 2.42 bits per heavy atom. The molecule has 2 unspecified atom stereocenters. The van der Waals surface area contributed by atoms with E-state index in [-0.39, 0.29) is 6.04 Å². The lowest BCUT2D eigenvalue weighted by Crippen LogP contribution is -2.46. The van der Waals surface area contributed by atoms with Gasteiger partial charge >= 0.3 is 12.1 Å². The maximum Gasteiger partial charge on any atom is 0.416 e. The van der Waals surface area contributed by atoms with Crippen LogP contribution in [0.2, 0.25) is 0 Å². The molecule has 3 rings (SSSR count). The van der Waals surface area contributed by atoms with Crippen LogP contribution in [0.3, 0.4) is 0 Å². The second-order valence-electron chi connectivity index (χ2n) is 6.25. The average molecular weight is 448 g/mol. The highest BCUT2D eigenvalue weighted by Gasteiger charge is 2.36. The van der Waals surface area contributed by atoms with Gasteiger partial charge in [0.25, 0.3) is 0 Å². The highest BCUT2D eigenvalue weighted by atomic mass is 79.9. The van der Waals surface area contributed by atoms with Crippen LogP contribution in [0.1, 0.15) is 41.3 Å². The molecule has 2 atom stereocenters. The van der Waals surface area contributed by atoms with Crippen LogP contribution in [0.5, 0.6) is 0 Å². The predicted molar refractivity (Wildman–Crippen MR) is 97.3 cm³/mol. The largest absolute Gasteiger partial charge is 0.480 e. The molecule has 0 bridgehead atoms. The average Bonchev–Trinajstić information content (AvgIpc) is 3.01. The third-order valence-corrected chi connectivity index (χ3v) is 6.25. The van der Waals surface area contributed by atoms with Crippen molar-refractivity contribution in [2.24, 2.45) is 0 Å². The van der Waals surface area contributed by atoms with Gasteiger partial charge in [-0.05, 0) is 65.1 Å². The number of hydrogen-bond donors (Lipinski definition) is 1. The van der Waals surface area contributed by atoms with Crippen molar-refractivity contribution in [1.29, 1.82) is 0 Å². The Kier molecular flexibility index (Phi) is 5.74. The van der Waals surface area contributed by atoms with Crippen molar-refractivity contribution < 1.29 is 23.1 Å². The molecule has 1 aliphatic heterocycles. The van der Waals surface area contributed by atoms with Gasteiger partial charge in [0, 0.05) is 4.88 Å². The second kappa shape index (κ2) is 7.70. The summed E-state index contributed by atoms with van der Waals surface area (Å²) in [7, 11) is 0. The van der Waals surface area contributed by atoms with E-state index in [9.17, 15) is 23.1 Å². The molecule has 2 heterocycles. The van der Waals surface area contributed by atoms with Gasteiger partial charge in [0.2, 0.25) is 0 Å². The highest BCUT2D eigenvalue weighted by molar-refractivity contribution is 9.11. The number of carbonyl (C=O) groups is 1. The van der Waals surface area contributed by atoms with Gasteiger partial charge in [0.05, 0.1) is 15.4 Å². The molecule has 140 valence electrons. The first-order valence-corrected chi connectivity index (χ1v) is 9.79. The second-order valence-corrected chi connectivity index (χ2v) is 8.75. The lowest BCUT2D eigenvalue weighted by Gasteiger charge is -2.39. The molecule has 8 heteroatoms. The number of nitrogens with zero attached hydrogens (tertiary/aromatic N) is 1. The van der Waals surface area contributed by atoms with Crippen molar-refractivity contribution in [1.82, 2.24) is 4.90 Å². The number of piperidine rings is 1. The van der Waals surface area contributed by atoms with E-state index in [0.29, 0.717) is 18.5 Å². The fourth-order valence-electron chi connectivity index (χ4n) is 3.38. The monoisotopic (exact) mass is 447 g/mol. The van der Waals surface area contributed by atoms with Crippen LogP contribution >= 0.6 is 27.3 Å². The maximum atomic E-state index is 12.9. The normalized spacial score (nSPS) is 20.1. The lowest BCUT2D eigenvalue weighted by atomic mass is 9.95. The van der Waals surface area contributed by atoms with E-state index >= 15 is 0 Å². The molecule has 0 saturated carbocycles. The van der Waals surface area contributed by atoms with Crippen LogP contribution < -0.4 is 0 Å². The Morgan fingerprint density at radius 2 is 1.88 bits per heavy atom. The molecule has 2 aromatic rings. The van der Waals surface area contributed by atoms with E-state index in [1.54, 1.807) is 0 Å². The van der Waals surface area contributed by atoms with Gasteiger partial charge < -0.3 is 5.11 Å². The molecule has 0 spiro atoms. The molecule has 0 radical (unpaired) electrons. The quantitative estimate of drug-likeness (QED) is 0.666. The summed E-state index contributed by atoms with van der Waals surface area (Å²) in [5.41, 5.74) is -0.0405. The molecule has 1 aromatic heterocycles. The summed E-state index contributed by atoms with van der Waals surface area (Å²) in [6.45, 7) is 0.595. The minimum absolute atomic E-state index is 0.380. The first kappa shape index (κ1) is 19.4. The van der Waals surface area contributed by atoms with E-state index in [4.69, 9.17) is 0 Å². The molecule has 1 fully saturated rings. The Morgan fingerprint density at radius 1 is 1.19 bits per heavy atom. The molecule has 1 N–H and O–H groups in total. The Labute approximate surface area is 161 Å². The topological polar surface area (TPSA) is 40.5 Å². The fourth-order valence-corrected chi connectivity index (χ4v) is 4.95. The molecule has 1 saturated heterocycles. The van der Waals surface area contributed by atoms with Crippen LogP contribution in [0.4, 0.5) is 13.2 Å². The number of rotatable bonds is 4. The number of likely N-dealkylation sites (tertiary alicyclic amines) is 1. The van der Waals surface area contributed by atoms with Crippen LogP contribution in [-0.2, 0) is 11.0 Å². The van der Waals surface area contributed by atoms with Crippen molar-refractivity contribution >= 4 is 33.2 Å². The van der Waals surface area contributed by atoms with Gasteiger partial charge in [0.15, 0.2) is 0 Å². The Hall–Kier alpha value is -1.38. The van der Waals surface area contributed by atoms with Gasteiger partial charge in [-0.15, -0.1) is 11.3 Å². The number of benzene rings is 1. The zero-order valence-electron chi connectivity index (χ0n) is 13.7. The molecule has 1 aliphatic rings. The third kappa shape index (κ3) is 4.13. The number of hydrogen-bond acceptors (Lipinski definition) is 3. The van der Waals surface area contributed by atoms with E-state index in [2.05, 4.69) is 15.9 Å². The smallest absolute Gasteiger partial charge is 0.416 e. The van der Waals surface area contributed by atoms with E-state index in [1.807, 2.05) is 17.0 Å². The van der Waals surface area contributed by atoms with Crippen LogP contribution in [0, 0.1) is 0 Å². The van der Waals surface area contributed by atoms with Gasteiger partial charge in [0.1, 0.15) is 6.04 Å². The molecule has 3 nitrogen and oxygen atoms in total. The van der Waals surface area contributed by atoms with Crippen molar-refractivity contribution in [2.45, 2.75) is 37.5 Å². The zero-order chi connectivity index (χ0) is 18.9. The van der Waals surface area contributed by atoms with Gasteiger partial charge in [-0.1, -0.05) is 18.6 Å². The minimum Gasteiger partial charge on any atom is -0.480 e. The fraction of sp³-hybridized carbons (Fsp3) is 0.389. The minimum atomic E-state index is -4.39. The Balaban J connectivity index is 2.02. The highest BCUT2D eigenvalue weighted by Crippen LogP contribution is 2.39.